The predicted octanol–water partition coefficient (Wildman–Crippen LogP) is 1.86. The zero-order chi connectivity index (χ0) is 16.2. The maximum atomic E-state index is 11.5. The average molecular weight is 314 g/mol. The Labute approximate surface area is 128 Å². The van der Waals surface area contributed by atoms with Crippen molar-refractivity contribution in [3.8, 4) is 0 Å². The van der Waals surface area contributed by atoms with Crippen molar-refractivity contribution in [1.82, 2.24) is 9.88 Å². The Morgan fingerprint density at radius 1 is 1.48 bits per heavy atom. The van der Waals surface area contributed by atoms with E-state index in [4.69, 9.17) is 0 Å². The number of hydrogen-bond acceptors (Lipinski definition) is 6. The number of aliphatic hydroxyl groups is 1. The lowest BCUT2D eigenvalue weighted by Crippen LogP contribution is -2.40. The molecule has 0 saturated heterocycles. The quantitative estimate of drug-likeness (QED) is 0.811. The molecule has 7 heteroatoms. The summed E-state index contributed by atoms with van der Waals surface area (Å²) in [6.45, 7) is 5.50. The number of amides is 1. The van der Waals surface area contributed by atoms with Crippen LogP contribution in [0.15, 0.2) is 5.38 Å². The van der Waals surface area contributed by atoms with Crippen LogP contribution in [0.2, 0.25) is 0 Å². The second-order valence-electron chi connectivity index (χ2n) is 5.26. The van der Waals surface area contributed by atoms with Crippen molar-refractivity contribution in [1.29, 1.82) is 0 Å². The van der Waals surface area contributed by atoms with Crippen molar-refractivity contribution < 1.29 is 19.4 Å². The number of nitrogens with zero attached hydrogens (tertiary/aromatic N) is 2. The molecule has 0 fully saturated rings. The van der Waals surface area contributed by atoms with E-state index in [9.17, 15) is 14.7 Å². The van der Waals surface area contributed by atoms with E-state index in [1.807, 2.05) is 13.8 Å². The van der Waals surface area contributed by atoms with Crippen molar-refractivity contribution in [2.45, 2.75) is 39.3 Å². The van der Waals surface area contributed by atoms with E-state index < -0.39 is 12.1 Å². The fourth-order valence-electron chi connectivity index (χ4n) is 2.08. The minimum atomic E-state index is -0.817. The lowest BCUT2D eigenvalue weighted by Gasteiger charge is -2.31. The summed E-state index contributed by atoms with van der Waals surface area (Å²) in [7, 11) is 3.01. The monoisotopic (exact) mass is 314 g/mol. The van der Waals surface area contributed by atoms with Crippen LogP contribution in [0.1, 0.15) is 48.8 Å². The minimum absolute atomic E-state index is 0.0460. The first kappa shape index (κ1) is 17.6. The van der Waals surface area contributed by atoms with Crippen LogP contribution >= 0.6 is 11.3 Å². The summed E-state index contributed by atoms with van der Waals surface area (Å²) < 4.78 is 4.59. The van der Waals surface area contributed by atoms with Crippen LogP contribution in [0.4, 0.5) is 0 Å². The summed E-state index contributed by atoms with van der Waals surface area (Å²) in [5.41, 5.74) is 0.192. The molecule has 0 aliphatic carbocycles. The predicted molar refractivity (Wildman–Crippen MR) is 80.1 cm³/mol. The fourth-order valence-corrected chi connectivity index (χ4v) is 2.87. The molecular weight excluding hydrogens is 292 g/mol. The third-order valence-corrected chi connectivity index (χ3v) is 4.38. The molecule has 1 aromatic rings. The Morgan fingerprint density at radius 3 is 2.57 bits per heavy atom. The van der Waals surface area contributed by atoms with Gasteiger partial charge in [0, 0.05) is 31.8 Å². The van der Waals surface area contributed by atoms with Crippen LogP contribution in [-0.2, 0) is 9.53 Å². The Bertz CT molecular complexity index is 501. The lowest BCUT2D eigenvalue weighted by atomic mass is 9.96. The number of esters is 1. The summed E-state index contributed by atoms with van der Waals surface area (Å²) >= 11 is 1.21. The van der Waals surface area contributed by atoms with Crippen LogP contribution in [-0.4, -0.2) is 47.1 Å². The van der Waals surface area contributed by atoms with Crippen molar-refractivity contribution in [2.24, 2.45) is 5.92 Å². The van der Waals surface area contributed by atoms with Crippen molar-refractivity contribution in [3.05, 3.63) is 16.1 Å². The van der Waals surface area contributed by atoms with Crippen LogP contribution in [0.5, 0.6) is 0 Å². The van der Waals surface area contributed by atoms with E-state index in [1.54, 1.807) is 17.3 Å². The Morgan fingerprint density at radius 2 is 2.10 bits per heavy atom. The lowest BCUT2D eigenvalue weighted by molar-refractivity contribution is -0.131. The van der Waals surface area contributed by atoms with Gasteiger partial charge in [-0.05, 0) is 5.92 Å². The minimum Gasteiger partial charge on any atom is -0.464 e. The van der Waals surface area contributed by atoms with Crippen LogP contribution in [0, 0.1) is 5.92 Å². The number of thiazole rings is 1. The van der Waals surface area contributed by atoms with Crippen LogP contribution in [0.3, 0.4) is 0 Å². The number of methoxy groups -OCH3 is 1. The molecule has 0 aliphatic heterocycles. The number of carbonyl (C=O) groups is 2. The maximum Gasteiger partial charge on any atom is 0.357 e. The van der Waals surface area contributed by atoms with E-state index in [-0.39, 0.29) is 23.6 Å². The first-order valence-corrected chi connectivity index (χ1v) is 7.61. The van der Waals surface area contributed by atoms with Crippen molar-refractivity contribution in [2.75, 3.05) is 14.2 Å². The third kappa shape index (κ3) is 4.50. The molecule has 2 atom stereocenters. The molecule has 1 aromatic heterocycles. The normalized spacial score (nSPS) is 13.9. The van der Waals surface area contributed by atoms with Gasteiger partial charge in [-0.3, -0.25) is 4.79 Å². The Balaban J connectivity index is 2.82. The highest BCUT2D eigenvalue weighted by atomic mass is 32.1. The summed E-state index contributed by atoms with van der Waals surface area (Å²) in [6, 6.07) is -0.0945. The molecule has 1 amide bonds. The van der Waals surface area contributed by atoms with E-state index in [2.05, 4.69) is 9.72 Å². The Kier molecular flexibility index (Phi) is 6.29. The maximum absolute atomic E-state index is 11.5. The van der Waals surface area contributed by atoms with Gasteiger partial charge in [-0.2, -0.15) is 0 Å². The van der Waals surface area contributed by atoms with Gasteiger partial charge in [-0.25, -0.2) is 9.78 Å². The molecule has 6 nitrogen and oxygen atoms in total. The summed E-state index contributed by atoms with van der Waals surface area (Å²) in [5.74, 6) is -0.366. The van der Waals surface area contributed by atoms with Crippen molar-refractivity contribution in [3.63, 3.8) is 0 Å². The second-order valence-corrected chi connectivity index (χ2v) is 6.15. The van der Waals surface area contributed by atoms with Gasteiger partial charge in [0.15, 0.2) is 5.69 Å². The molecule has 1 heterocycles. The van der Waals surface area contributed by atoms with Gasteiger partial charge in [-0.1, -0.05) is 13.8 Å². The molecular formula is C14H22N2O4S. The van der Waals surface area contributed by atoms with E-state index >= 15 is 0 Å². The number of hydrogen-bond donors (Lipinski definition) is 1. The van der Waals surface area contributed by atoms with Crippen LogP contribution < -0.4 is 0 Å². The van der Waals surface area contributed by atoms with Gasteiger partial charge in [0.1, 0.15) is 11.1 Å². The van der Waals surface area contributed by atoms with Crippen molar-refractivity contribution >= 4 is 23.2 Å². The summed E-state index contributed by atoms with van der Waals surface area (Å²) in [6.07, 6.45) is -0.440. The number of aliphatic hydroxyl groups excluding tert-OH is 1. The van der Waals surface area contributed by atoms with E-state index in [0.717, 1.165) is 0 Å². The molecule has 0 spiro atoms. The van der Waals surface area contributed by atoms with Gasteiger partial charge in [0.05, 0.1) is 7.11 Å². The number of aromatic nitrogens is 1. The molecule has 21 heavy (non-hydrogen) atoms. The average Bonchev–Trinajstić information content (AvgIpc) is 2.92. The summed E-state index contributed by atoms with van der Waals surface area (Å²) in [5, 5.41) is 12.3. The molecule has 1 rings (SSSR count). The highest BCUT2D eigenvalue weighted by Gasteiger charge is 2.26. The van der Waals surface area contributed by atoms with Gasteiger partial charge in [-0.15, -0.1) is 11.3 Å². The molecule has 0 saturated carbocycles. The molecule has 1 N–H and O–H groups in total. The highest BCUT2D eigenvalue weighted by Crippen LogP contribution is 2.26. The van der Waals surface area contributed by atoms with Crippen LogP contribution in [0.25, 0.3) is 0 Å². The third-order valence-electron chi connectivity index (χ3n) is 3.43. The fraction of sp³-hybridized carbons (Fsp3) is 0.643. The standard InChI is InChI=1S/C14H22N2O4S/c1-8(2)11(16(4)9(3)17)6-12(18)13-15-10(7-21-13)14(19)20-5/h7-8,11-12,18H,6H2,1-5H3/t11-,12-/m1/s1. The summed E-state index contributed by atoms with van der Waals surface area (Å²) in [4.78, 5) is 28.6. The molecule has 0 bridgehead atoms. The molecule has 118 valence electrons. The van der Waals surface area contributed by atoms with Gasteiger partial charge < -0.3 is 14.7 Å². The number of carbonyl (C=O) groups excluding carboxylic acids is 2. The zero-order valence-corrected chi connectivity index (χ0v) is 13.8. The Hall–Kier alpha value is -1.47. The topological polar surface area (TPSA) is 79.7 Å². The molecule has 0 aromatic carbocycles. The zero-order valence-electron chi connectivity index (χ0n) is 13.0. The molecule has 0 aliphatic rings. The SMILES string of the molecule is COC(=O)c1csc([C@H](O)C[C@H](C(C)C)N(C)C(C)=O)n1. The second kappa shape index (κ2) is 7.51. The first-order chi connectivity index (χ1) is 9.77. The first-order valence-electron chi connectivity index (χ1n) is 6.73. The van der Waals surface area contributed by atoms with Gasteiger partial charge in [0.2, 0.25) is 5.91 Å². The number of rotatable bonds is 6. The molecule has 0 radical (unpaired) electrons. The van der Waals surface area contributed by atoms with E-state index in [1.165, 1.54) is 25.4 Å². The number of ether oxygens (including phenoxy) is 1. The highest BCUT2D eigenvalue weighted by molar-refractivity contribution is 7.09. The largest absolute Gasteiger partial charge is 0.464 e. The molecule has 0 unspecified atom stereocenters. The van der Waals surface area contributed by atoms with Gasteiger partial charge in [0.25, 0.3) is 0 Å². The van der Waals surface area contributed by atoms with Gasteiger partial charge >= 0.3 is 5.97 Å². The van der Waals surface area contributed by atoms with E-state index in [0.29, 0.717) is 11.4 Å². The smallest absolute Gasteiger partial charge is 0.357 e.